The third-order valence-electron chi connectivity index (χ3n) is 4.13. The lowest BCUT2D eigenvalue weighted by atomic mass is 10.1. The molecule has 4 aromatic rings. The maximum absolute atomic E-state index is 12.1. The Morgan fingerprint density at radius 3 is 2.66 bits per heavy atom. The van der Waals surface area contributed by atoms with Gasteiger partial charge in [0.05, 0.1) is 16.0 Å². The van der Waals surface area contributed by atoms with E-state index in [0.717, 1.165) is 28.0 Å². The molecule has 0 bridgehead atoms. The van der Waals surface area contributed by atoms with Crippen LogP contribution in [-0.2, 0) is 6.42 Å². The summed E-state index contributed by atoms with van der Waals surface area (Å²) in [6, 6.07) is 10.5. The highest BCUT2D eigenvalue weighted by atomic mass is 35.5. The molecule has 6 nitrogen and oxygen atoms in total. The Balaban J connectivity index is 1.34. The molecule has 0 saturated heterocycles. The summed E-state index contributed by atoms with van der Waals surface area (Å²) >= 11 is 13.4. The predicted molar refractivity (Wildman–Crippen MR) is 115 cm³/mol. The molecule has 9 heteroatoms. The van der Waals surface area contributed by atoms with Crippen LogP contribution in [0.3, 0.4) is 0 Å². The number of thiophene rings is 1. The first-order chi connectivity index (χ1) is 14.1. The molecule has 3 aromatic heterocycles. The summed E-state index contributed by atoms with van der Waals surface area (Å²) in [6.45, 7) is 0.674. The zero-order valence-corrected chi connectivity index (χ0v) is 17.3. The Labute approximate surface area is 180 Å². The summed E-state index contributed by atoms with van der Waals surface area (Å²) in [5.74, 6) is 0.705. The van der Waals surface area contributed by atoms with E-state index in [1.807, 2.05) is 17.5 Å². The molecular weight excluding hydrogens is 431 g/mol. The third-order valence-corrected chi connectivity index (χ3v) is 5.67. The topological polar surface area (TPSA) is 77.0 Å². The molecule has 0 saturated carbocycles. The Morgan fingerprint density at radius 1 is 1.07 bits per heavy atom. The molecule has 3 heterocycles. The van der Waals surface area contributed by atoms with Crippen molar-refractivity contribution in [2.45, 2.75) is 6.42 Å². The highest BCUT2D eigenvalue weighted by Crippen LogP contribution is 2.32. The van der Waals surface area contributed by atoms with Crippen LogP contribution in [0.2, 0.25) is 10.2 Å². The van der Waals surface area contributed by atoms with Gasteiger partial charge in [0.25, 0.3) is 0 Å². The number of benzene rings is 1. The van der Waals surface area contributed by atoms with Crippen molar-refractivity contribution in [2.75, 3.05) is 11.9 Å². The molecular formula is C20H14Cl2N4O2S. The first-order valence-corrected chi connectivity index (χ1v) is 10.3. The van der Waals surface area contributed by atoms with Gasteiger partial charge >= 0.3 is 5.97 Å². The van der Waals surface area contributed by atoms with E-state index in [-0.39, 0.29) is 0 Å². The molecule has 29 heavy (non-hydrogen) atoms. The van der Waals surface area contributed by atoms with Gasteiger partial charge in [-0.25, -0.2) is 19.7 Å². The van der Waals surface area contributed by atoms with Crippen molar-refractivity contribution < 1.29 is 9.53 Å². The van der Waals surface area contributed by atoms with Gasteiger partial charge < -0.3 is 10.1 Å². The zero-order chi connectivity index (χ0) is 20.2. The molecule has 0 aliphatic rings. The number of nitrogens with one attached hydrogen (secondary N) is 1. The van der Waals surface area contributed by atoms with Crippen LogP contribution >= 0.6 is 34.5 Å². The maximum atomic E-state index is 12.1. The van der Waals surface area contributed by atoms with Crippen molar-refractivity contribution in [3.8, 4) is 5.75 Å². The summed E-state index contributed by atoms with van der Waals surface area (Å²) < 4.78 is 5.35. The Morgan fingerprint density at radius 2 is 1.90 bits per heavy atom. The van der Waals surface area contributed by atoms with Gasteiger partial charge in [0.1, 0.15) is 27.9 Å². The third kappa shape index (κ3) is 4.64. The van der Waals surface area contributed by atoms with Crippen LogP contribution in [-0.4, -0.2) is 27.5 Å². The number of hydrogen-bond acceptors (Lipinski definition) is 7. The molecule has 146 valence electrons. The molecule has 4 rings (SSSR count). The fraction of sp³-hybridized carbons (Fsp3) is 0.100. The van der Waals surface area contributed by atoms with E-state index < -0.39 is 5.97 Å². The van der Waals surface area contributed by atoms with Crippen molar-refractivity contribution in [1.29, 1.82) is 0 Å². The van der Waals surface area contributed by atoms with Crippen molar-refractivity contribution in [3.63, 3.8) is 0 Å². The second-order valence-corrected chi connectivity index (χ2v) is 7.72. The largest absolute Gasteiger partial charge is 0.423 e. The van der Waals surface area contributed by atoms with E-state index in [0.29, 0.717) is 28.0 Å². The number of ether oxygens (including phenoxy) is 1. The molecule has 0 aliphatic carbocycles. The summed E-state index contributed by atoms with van der Waals surface area (Å²) in [5.41, 5.74) is 1.43. The van der Waals surface area contributed by atoms with Crippen molar-refractivity contribution >= 4 is 56.5 Å². The van der Waals surface area contributed by atoms with E-state index in [9.17, 15) is 4.79 Å². The first kappa shape index (κ1) is 19.6. The number of esters is 1. The molecule has 0 fully saturated rings. The minimum absolute atomic E-state index is 0.323. The number of rotatable bonds is 6. The molecule has 1 N–H and O–H groups in total. The normalized spacial score (nSPS) is 10.8. The van der Waals surface area contributed by atoms with Crippen LogP contribution in [0.5, 0.6) is 5.75 Å². The van der Waals surface area contributed by atoms with Crippen molar-refractivity contribution in [3.05, 3.63) is 75.6 Å². The quantitative estimate of drug-likeness (QED) is 0.248. The number of pyridine rings is 1. The van der Waals surface area contributed by atoms with Crippen molar-refractivity contribution in [1.82, 2.24) is 15.0 Å². The average molecular weight is 445 g/mol. The Hall–Kier alpha value is -2.74. The second kappa shape index (κ2) is 8.73. The standard InChI is InChI=1S/C20H14Cl2N4O2S/c21-15-10-29-19-17(15)18(25-11-26-19)23-8-7-12-1-4-14(5-2-12)28-20(27)13-3-6-16(22)24-9-13/h1-6,9-11H,7-8H2,(H,23,25,26). The monoisotopic (exact) mass is 444 g/mol. The van der Waals surface area contributed by atoms with Crippen molar-refractivity contribution in [2.24, 2.45) is 0 Å². The summed E-state index contributed by atoms with van der Waals surface area (Å²) in [4.78, 5) is 25.3. The zero-order valence-electron chi connectivity index (χ0n) is 14.9. The molecule has 0 spiro atoms. The van der Waals surface area contributed by atoms with E-state index in [2.05, 4.69) is 20.3 Å². The molecule has 0 radical (unpaired) electrons. The second-order valence-electron chi connectivity index (χ2n) is 6.07. The number of anilines is 1. The first-order valence-electron chi connectivity index (χ1n) is 8.64. The lowest BCUT2D eigenvalue weighted by molar-refractivity contribution is 0.0734. The molecule has 0 unspecified atom stereocenters. The van der Waals surface area contributed by atoms with E-state index in [1.54, 1.807) is 24.3 Å². The average Bonchev–Trinajstić information content (AvgIpc) is 3.11. The Kier molecular flexibility index (Phi) is 5.89. The van der Waals surface area contributed by atoms with Gasteiger partial charge in [-0.15, -0.1) is 11.3 Å². The van der Waals surface area contributed by atoms with Gasteiger partial charge in [0.15, 0.2) is 0 Å². The molecule has 1 aromatic carbocycles. The van der Waals surface area contributed by atoms with Gasteiger partial charge in [-0.05, 0) is 36.2 Å². The number of carbonyl (C=O) groups excluding carboxylic acids is 1. The number of halogens is 2. The highest BCUT2D eigenvalue weighted by molar-refractivity contribution is 7.17. The van der Waals surface area contributed by atoms with E-state index >= 15 is 0 Å². The van der Waals surface area contributed by atoms with Crippen LogP contribution in [0.15, 0.2) is 54.3 Å². The van der Waals surface area contributed by atoms with Gasteiger partial charge in [-0.1, -0.05) is 35.3 Å². The number of carbonyl (C=O) groups is 1. The van der Waals surface area contributed by atoms with Crippen LogP contribution in [0.4, 0.5) is 5.82 Å². The van der Waals surface area contributed by atoms with Crippen LogP contribution < -0.4 is 10.1 Å². The number of hydrogen-bond donors (Lipinski definition) is 1. The minimum Gasteiger partial charge on any atom is -0.423 e. The summed E-state index contributed by atoms with van der Waals surface area (Å²) in [6.07, 6.45) is 3.67. The fourth-order valence-electron chi connectivity index (χ4n) is 2.69. The molecule has 0 aliphatic heterocycles. The fourth-order valence-corrected chi connectivity index (χ4v) is 3.93. The summed E-state index contributed by atoms with van der Waals surface area (Å²) in [7, 11) is 0. The Bertz CT molecular complexity index is 1150. The summed E-state index contributed by atoms with van der Waals surface area (Å²) in [5, 5.41) is 6.97. The highest BCUT2D eigenvalue weighted by Gasteiger charge is 2.10. The smallest absolute Gasteiger partial charge is 0.345 e. The maximum Gasteiger partial charge on any atom is 0.345 e. The van der Waals surface area contributed by atoms with Gasteiger partial charge in [-0.3, -0.25) is 0 Å². The molecule has 0 amide bonds. The van der Waals surface area contributed by atoms with Gasteiger partial charge in [0.2, 0.25) is 0 Å². The van der Waals surface area contributed by atoms with E-state index in [4.69, 9.17) is 27.9 Å². The number of nitrogens with zero attached hydrogens (tertiary/aromatic N) is 3. The minimum atomic E-state index is -0.482. The van der Waals surface area contributed by atoms with Gasteiger partial charge in [0, 0.05) is 18.1 Å². The number of aromatic nitrogens is 3. The predicted octanol–water partition coefficient (Wildman–Crippen LogP) is 5.27. The lowest BCUT2D eigenvalue weighted by Gasteiger charge is -2.08. The SMILES string of the molecule is O=C(Oc1ccc(CCNc2ncnc3scc(Cl)c23)cc1)c1ccc(Cl)nc1. The van der Waals surface area contributed by atoms with Crippen LogP contribution in [0.25, 0.3) is 10.2 Å². The van der Waals surface area contributed by atoms with Gasteiger partial charge in [-0.2, -0.15) is 0 Å². The van der Waals surface area contributed by atoms with Crippen LogP contribution in [0.1, 0.15) is 15.9 Å². The lowest BCUT2D eigenvalue weighted by Crippen LogP contribution is -2.09. The number of fused-ring (bicyclic) bond motifs is 1. The van der Waals surface area contributed by atoms with E-state index in [1.165, 1.54) is 23.9 Å². The van der Waals surface area contributed by atoms with Crippen LogP contribution in [0, 0.1) is 0 Å². The molecule has 0 atom stereocenters.